The Bertz CT molecular complexity index is 1290. The molecule has 0 fully saturated rings. The SMILES string of the molecule is Cc1ccc(Cn2c(C(=O)Nc3sc4c(c3C(N)=O)CCCC4)cc3occc32)cc1. The third-order valence-electron chi connectivity index (χ3n) is 5.86. The maximum absolute atomic E-state index is 13.3. The van der Waals surface area contributed by atoms with E-state index in [2.05, 4.69) is 29.6 Å². The monoisotopic (exact) mass is 433 g/mol. The molecule has 3 aromatic heterocycles. The molecule has 0 atom stereocenters. The van der Waals surface area contributed by atoms with E-state index in [1.54, 1.807) is 12.3 Å². The van der Waals surface area contributed by atoms with Crippen LogP contribution in [0.1, 0.15) is 55.3 Å². The topological polar surface area (TPSA) is 90.3 Å². The summed E-state index contributed by atoms with van der Waals surface area (Å²) in [6.45, 7) is 2.58. The molecule has 0 radical (unpaired) electrons. The summed E-state index contributed by atoms with van der Waals surface area (Å²) < 4.78 is 7.49. The zero-order valence-electron chi connectivity index (χ0n) is 17.2. The number of carbonyl (C=O) groups is 2. The Hall–Kier alpha value is -3.32. The summed E-state index contributed by atoms with van der Waals surface area (Å²) in [5, 5.41) is 3.51. The highest BCUT2D eigenvalue weighted by atomic mass is 32.1. The van der Waals surface area contributed by atoms with Crippen molar-refractivity contribution in [3.63, 3.8) is 0 Å². The molecule has 0 spiro atoms. The van der Waals surface area contributed by atoms with Crippen LogP contribution in [0, 0.1) is 6.92 Å². The number of aromatic nitrogens is 1. The van der Waals surface area contributed by atoms with Crippen molar-refractivity contribution >= 4 is 39.3 Å². The van der Waals surface area contributed by atoms with Crippen molar-refractivity contribution in [1.29, 1.82) is 0 Å². The molecule has 0 saturated heterocycles. The fourth-order valence-corrected chi connectivity index (χ4v) is 5.58. The van der Waals surface area contributed by atoms with Crippen LogP contribution >= 0.6 is 11.3 Å². The Morgan fingerprint density at radius 2 is 1.94 bits per heavy atom. The van der Waals surface area contributed by atoms with Crippen LogP contribution in [0.5, 0.6) is 0 Å². The highest BCUT2D eigenvalue weighted by Crippen LogP contribution is 2.38. The van der Waals surface area contributed by atoms with Gasteiger partial charge in [-0.3, -0.25) is 9.59 Å². The number of hydrogen-bond donors (Lipinski definition) is 2. The summed E-state index contributed by atoms with van der Waals surface area (Å²) in [5.41, 5.74) is 11.4. The molecule has 2 amide bonds. The van der Waals surface area contributed by atoms with E-state index in [9.17, 15) is 9.59 Å². The molecule has 6 nitrogen and oxygen atoms in total. The number of thiophene rings is 1. The van der Waals surface area contributed by atoms with Crippen LogP contribution in [0.2, 0.25) is 0 Å². The van der Waals surface area contributed by atoms with Crippen LogP contribution in [-0.4, -0.2) is 16.4 Å². The number of primary amides is 1. The molecule has 31 heavy (non-hydrogen) atoms. The minimum atomic E-state index is -0.488. The summed E-state index contributed by atoms with van der Waals surface area (Å²) in [4.78, 5) is 26.6. The second-order valence-electron chi connectivity index (χ2n) is 8.00. The van der Waals surface area contributed by atoms with Crippen molar-refractivity contribution < 1.29 is 14.0 Å². The Morgan fingerprint density at radius 3 is 2.71 bits per heavy atom. The van der Waals surface area contributed by atoms with E-state index in [-0.39, 0.29) is 5.91 Å². The average molecular weight is 434 g/mol. The van der Waals surface area contributed by atoms with Crippen LogP contribution in [0.25, 0.3) is 11.1 Å². The molecular weight excluding hydrogens is 410 g/mol. The van der Waals surface area contributed by atoms with Crippen molar-refractivity contribution in [2.24, 2.45) is 5.73 Å². The van der Waals surface area contributed by atoms with Crippen LogP contribution in [0.4, 0.5) is 5.00 Å². The van der Waals surface area contributed by atoms with Gasteiger partial charge in [-0.15, -0.1) is 11.3 Å². The number of fused-ring (bicyclic) bond motifs is 2. The van der Waals surface area contributed by atoms with Crippen molar-refractivity contribution in [2.45, 2.75) is 39.2 Å². The van der Waals surface area contributed by atoms with Crippen LogP contribution in [0.3, 0.4) is 0 Å². The first kappa shape index (κ1) is 19.6. The molecule has 7 heteroatoms. The lowest BCUT2D eigenvalue weighted by Crippen LogP contribution is -2.20. The lowest BCUT2D eigenvalue weighted by Gasteiger charge is -2.12. The molecule has 1 aromatic carbocycles. The van der Waals surface area contributed by atoms with Crippen molar-refractivity contribution in [1.82, 2.24) is 4.57 Å². The van der Waals surface area contributed by atoms with E-state index in [1.165, 1.54) is 16.9 Å². The van der Waals surface area contributed by atoms with E-state index in [0.29, 0.717) is 28.4 Å². The third kappa shape index (κ3) is 3.55. The average Bonchev–Trinajstić information content (AvgIpc) is 3.43. The van der Waals surface area contributed by atoms with Gasteiger partial charge in [-0.25, -0.2) is 0 Å². The molecule has 1 aliphatic carbocycles. The predicted octanol–water partition coefficient (Wildman–Crippen LogP) is 4.88. The van der Waals surface area contributed by atoms with Gasteiger partial charge in [0.15, 0.2) is 5.58 Å². The van der Waals surface area contributed by atoms with E-state index in [1.807, 2.05) is 17.6 Å². The Balaban J connectivity index is 1.51. The van der Waals surface area contributed by atoms with E-state index >= 15 is 0 Å². The minimum absolute atomic E-state index is 0.278. The fourth-order valence-electron chi connectivity index (χ4n) is 4.29. The van der Waals surface area contributed by atoms with E-state index in [0.717, 1.165) is 47.2 Å². The number of hydrogen-bond acceptors (Lipinski definition) is 4. The third-order valence-corrected chi connectivity index (χ3v) is 7.07. The summed E-state index contributed by atoms with van der Waals surface area (Å²) >= 11 is 1.47. The standard InChI is InChI=1S/C24H23N3O3S/c1-14-6-8-15(9-7-14)13-27-17-10-11-30-19(17)12-18(27)23(29)26-24-21(22(25)28)16-4-2-3-5-20(16)31-24/h6-12H,2-5,13H2,1H3,(H2,25,28)(H,26,29). The number of furan rings is 1. The molecule has 4 aromatic rings. The zero-order valence-corrected chi connectivity index (χ0v) is 18.1. The molecule has 3 N–H and O–H groups in total. The molecule has 0 aliphatic heterocycles. The highest BCUT2D eigenvalue weighted by molar-refractivity contribution is 7.17. The van der Waals surface area contributed by atoms with Gasteiger partial charge in [-0.2, -0.15) is 0 Å². The number of aryl methyl sites for hydroxylation is 2. The molecule has 0 unspecified atom stereocenters. The van der Waals surface area contributed by atoms with Crippen LogP contribution < -0.4 is 11.1 Å². The fraction of sp³-hybridized carbons (Fsp3) is 0.250. The molecular formula is C24H23N3O3S. The Kier molecular flexibility index (Phi) is 4.90. The molecule has 3 heterocycles. The number of carbonyl (C=O) groups excluding carboxylic acids is 2. The second-order valence-corrected chi connectivity index (χ2v) is 9.11. The largest absolute Gasteiger partial charge is 0.463 e. The number of anilines is 1. The molecule has 1 aliphatic rings. The Morgan fingerprint density at radius 1 is 1.16 bits per heavy atom. The maximum atomic E-state index is 13.3. The highest BCUT2D eigenvalue weighted by Gasteiger charge is 2.26. The number of nitrogens with two attached hydrogens (primary N) is 1. The summed E-state index contributed by atoms with van der Waals surface area (Å²) in [5.74, 6) is -0.766. The quantitative estimate of drug-likeness (QED) is 0.470. The minimum Gasteiger partial charge on any atom is -0.463 e. The maximum Gasteiger partial charge on any atom is 0.273 e. The first-order chi connectivity index (χ1) is 15.0. The van der Waals surface area contributed by atoms with Gasteiger partial charge < -0.3 is 20.0 Å². The first-order valence-electron chi connectivity index (χ1n) is 10.4. The van der Waals surface area contributed by atoms with E-state index < -0.39 is 5.91 Å². The van der Waals surface area contributed by atoms with Gasteiger partial charge in [0.25, 0.3) is 11.8 Å². The lowest BCUT2D eigenvalue weighted by atomic mass is 9.95. The number of rotatable bonds is 5. The van der Waals surface area contributed by atoms with Gasteiger partial charge in [-0.1, -0.05) is 29.8 Å². The molecule has 0 bridgehead atoms. The second kappa shape index (κ2) is 7.74. The number of amides is 2. The summed E-state index contributed by atoms with van der Waals surface area (Å²) in [6.07, 6.45) is 5.50. The number of benzene rings is 1. The smallest absolute Gasteiger partial charge is 0.273 e. The molecule has 0 saturated carbocycles. The van der Waals surface area contributed by atoms with Gasteiger partial charge in [0.05, 0.1) is 17.3 Å². The van der Waals surface area contributed by atoms with Gasteiger partial charge >= 0.3 is 0 Å². The van der Waals surface area contributed by atoms with Crippen molar-refractivity contribution in [3.05, 3.63) is 75.5 Å². The zero-order chi connectivity index (χ0) is 21.5. The van der Waals surface area contributed by atoms with Gasteiger partial charge in [-0.05, 0) is 43.7 Å². The van der Waals surface area contributed by atoms with Crippen molar-refractivity contribution in [2.75, 3.05) is 5.32 Å². The lowest BCUT2D eigenvalue weighted by molar-refractivity contribution is 0.100. The summed E-state index contributed by atoms with van der Waals surface area (Å²) in [7, 11) is 0. The summed E-state index contributed by atoms with van der Waals surface area (Å²) in [6, 6.07) is 11.8. The van der Waals surface area contributed by atoms with Gasteiger partial charge in [0, 0.05) is 23.6 Å². The predicted molar refractivity (Wildman–Crippen MR) is 122 cm³/mol. The number of nitrogens with one attached hydrogen (secondary N) is 1. The first-order valence-corrected chi connectivity index (χ1v) is 11.2. The number of nitrogens with zero attached hydrogens (tertiary/aromatic N) is 1. The molecule has 158 valence electrons. The van der Waals surface area contributed by atoms with Gasteiger partial charge in [0.2, 0.25) is 0 Å². The van der Waals surface area contributed by atoms with Crippen molar-refractivity contribution in [3.8, 4) is 0 Å². The van der Waals surface area contributed by atoms with Crippen LogP contribution in [-0.2, 0) is 19.4 Å². The Labute approximate surface area is 183 Å². The normalized spacial score (nSPS) is 13.3. The van der Waals surface area contributed by atoms with Gasteiger partial charge in [0.1, 0.15) is 10.7 Å². The van der Waals surface area contributed by atoms with Crippen LogP contribution in [0.15, 0.2) is 47.1 Å². The molecule has 5 rings (SSSR count). The van der Waals surface area contributed by atoms with E-state index in [4.69, 9.17) is 10.2 Å².